The number of hydrogen-bond acceptors (Lipinski definition) is 4. The highest BCUT2D eigenvalue weighted by atomic mass is 28.4. The lowest BCUT2D eigenvalue weighted by molar-refractivity contribution is -0.701. The summed E-state index contributed by atoms with van der Waals surface area (Å²) in [5.41, 5.74) is 0. The lowest BCUT2D eigenvalue weighted by Gasteiger charge is -2.18. The molecule has 0 bridgehead atoms. The van der Waals surface area contributed by atoms with Gasteiger partial charge in [0.25, 0.3) is 0 Å². The van der Waals surface area contributed by atoms with E-state index < -0.39 is 8.32 Å². The van der Waals surface area contributed by atoms with Crippen LogP contribution in [0, 0.1) is 5.21 Å². The molecule has 0 saturated carbocycles. The standard InChI is InChI=1S/C8H17NO4Si/c1-12-8(10)6-5-7-9(11)13-14(2,3)4/h7H,5-6H2,1-4H3/b9-7+. The van der Waals surface area contributed by atoms with Gasteiger partial charge in [-0.1, -0.05) is 19.6 Å². The minimum Gasteiger partial charge on any atom is -0.469 e. The molecule has 0 heterocycles. The molecule has 0 aromatic carbocycles. The first-order chi connectivity index (χ1) is 6.35. The van der Waals surface area contributed by atoms with Crippen molar-refractivity contribution in [1.29, 1.82) is 0 Å². The van der Waals surface area contributed by atoms with Gasteiger partial charge in [0.05, 0.1) is 13.5 Å². The van der Waals surface area contributed by atoms with Crippen molar-refractivity contribution in [3.8, 4) is 0 Å². The van der Waals surface area contributed by atoms with E-state index in [9.17, 15) is 10.0 Å². The number of esters is 1. The van der Waals surface area contributed by atoms with E-state index in [1.54, 1.807) is 0 Å². The molecule has 0 radical (unpaired) electrons. The molecular weight excluding hydrogens is 202 g/mol. The quantitative estimate of drug-likeness (QED) is 0.230. The molecule has 0 spiro atoms. The third kappa shape index (κ3) is 7.60. The second-order valence-electron chi connectivity index (χ2n) is 3.79. The SMILES string of the molecule is COC(=O)CC/C=[N+](\[O-])O[Si](C)(C)C. The molecule has 0 fully saturated rings. The first-order valence-electron chi connectivity index (χ1n) is 4.41. The van der Waals surface area contributed by atoms with Gasteiger partial charge in [0.2, 0.25) is 6.21 Å². The van der Waals surface area contributed by atoms with Crippen LogP contribution < -0.4 is 0 Å². The Balaban J connectivity index is 3.83. The number of carbonyl (C=O) groups excluding carboxylic acids is 1. The number of hydrogen-bond donors (Lipinski definition) is 0. The van der Waals surface area contributed by atoms with E-state index in [0.717, 1.165) is 0 Å². The zero-order valence-corrected chi connectivity index (χ0v) is 10.1. The van der Waals surface area contributed by atoms with Gasteiger partial charge in [0.15, 0.2) is 8.32 Å². The zero-order valence-electron chi connectivity index (χ0n) is 9.07. The molecule has 0 rings (SSSR count). The van der Waals surface area contributed by atoms with Crippen LogP contribution in [0.4, 0.5) is 0 Å². The summed E-state index contributed by atoms with van der Waals surface area (Å²) < 4.78 is 9.48. The van der Waals surface area contributed by atoms with Gasteiger partial charge in [-0.25, -0.2) is 0 Å². The van der Waals surface area contributed by atoms with Crippen LogP contribution in [0.1, 0.15) is 12.8 Å². The number of methoxy groups -OCH3 is 1. The minimum absolute atomic E-state index is 0.199. The van der Waals surface area contributed by atoms with Crippen LogP contribution in [-0.4, -0.2) is 32.5 Å². The molecule has 0 aliphatic carbocycles. The van der Waals surface area contributed by atoms with Crippen molar-refractivity contribution < 1.29 is 19.0 Å². The first kappa shape index (κ1) is 13.0. The van der Waals surface area contributed by atoms with Crippen molar-refractivity contribution in [3.63, 3.8) is 0 Å². The van der Waals surface area contributed by atoms with Gasteiger partial charge in [0.1, 0.15) is 0 Å². The van der Waals surface area contributed by atoms with Crippen LogP contribution in [0.15, 0.2) is 0 Å². The fourth-order valence-electron chi connectivity index (χ4n) is 0.697. The van der Waals surface area contributed by atoms with Crippen molar-refractivity contribution >= 4 is 20.5 Å². The average Bonchev–Trinajstić information content (AvgIpc) is 2.00. The monoisotopic (exact) mass is 219 g/mol. The Morgan fingerprint density at radius 2 is 2.07 bits per heavy atom. The van der Waals surface area contributed by atoms with Gasteiger partial charge in [-0.05, 0) is 0 Å². The van der Waals surface area contributed by atoms with Crippen LogP contribution in [0.2, 0.25) is 19.6 Å². The van der Waals surface area contributed by atoms with E-state index in [1.807, 2.05) is 19.6 Å². The highest BCUT2D eigenvalue weighted by molar-refractivity contribution is 6.69. The summed E-state index contributed by atoms with van der Waals surface area (Å²) in [6.07, 6.45) is 1.83. The molecule has 82 valence electrons. The average molecular weight is 219 g/mol. The number of rotatable bonds is 5. The van der Waals surface area contributed by atoms with E-state index in [2.05, 4.69) is 4.74 Å². The van der Waals surface area contributed by atoms with Crippen molar-refractivity contribution in [2.75, 3.05) is 7.11 Å². The summed E-state index contributed by atoms with van der Waals surface area (Å²) in [4.78, 5) is 11.1. The third-order valence-electron chi connectivity index (χ3n) is 1.22. The Morgan fingerprint density at radius 3 is 2.50 bits per heavy atom. The van der Waals surface area contributed by atoms with Crippen LogP contribution in [0.25, 0.3) is 0 Å². The first-order valence-corrected chi connectivity index (χ1v) is 7.81. The van der Waals surface area contributed by atoms with Crippen LogP contribution in [0.3, 0.4) is 0 Å². The van der Waals surface area contributed by atoms with E-state index >= 15 is 0 Å². The molecule has 14 heavy (non-hydrogen) atoms. The molecule has 6 heteroatoms. The molecule has 0 atom stereocenters. The zero-order chi connectivity index (χ0) is 11.2. The summed E-state index contributed by atoms with van der Waals surface area (Å²) >= 11 is 0. The summed E-state index contributed by atoms with van der Waals surface area (Å²) in [5.74, 6) is -0.331. The van der Waals surface area contributed by atoms with Gasteiger partial charge in [0, 0.05) is 11.3 Å². The summed E-state index contributed by atoms with van der Waals surface area (Å²) in [6.45, 7) is 5.73. The van der Waals surface area contributed by atoms with Gasteiger partial charge in [-0.15, -0.1) is 0 Å². The smallest absolute Gasteiger partial charge is 0.306 e. The predicted octanol–water partition coefficient (Wildman–Crippen LogP) is 1.29. The van der Waals surface area contributed by atoms with Gasteiger partial charge in [-0.2, -0.15) is 0 Å². The molecule has 0 saturated heterocycles. The molecule has 0 aliphatic heterocycles. The van der Waals surface area contributed by atoms with Crippen molar-refractivity contribution in [3.05, 3.63) is 5.21 Å². The van der Waals surface area contributed by atoms with Gasteiger partial charge in [-0.3, -0.25) is 10.0 Å². The fourth-order valence-corrected chi connectivity index (χ4v) is 1.31. The van der Waals surface area contributed by atoms with Crippen LogP contribution >= 0.6 is 0 Å². The lowest BCUT2D eigenvalue weighted by atomic mass is 10.3. The number of nitrogens with zero attached hydrogens (tertiary/aromatic N) is 1. The highest BCUT2D eigenvalue weighted by Gasteiger charge is 2.13. The minimum atomic E-state index is -1.84. The summed E-state index contributed by atoms with van der Waals surface area (Å²) in [7, 11) is -0.524. The lowest BCUT2D eigenvalue weighted by Crippen LogP contribution is -2.30. The Labute approximate surface area is 85.0 Å². The second kappa shape index (κ2) is 5.64. The summed E-state index contributed by atoms with van der Waals surface area (Å²) in [5, 5.41) is 11.0. The Morgan fingerprint density at radius 1 is 1.50 bits per heavy atom. The third-order valence-corrected chi connectivity index (χ3v) is 1.95. The van der Waals surface area contributed by atoms with Crippen LogP contribution in [0.5, 0.6) is 0 Å². The summed E-state index contributed by atoms with van der Waals surface area (Å²) in [6, 6.07) is 0. The van der Waals surface area contributed by atoms with E-state index in [-0.39, 0.29) is 12.4 Å². The number of ether oxygens (including phenoxy) is 1. The molecule has 0 aliphatic rings. The molecule has 5 nitrogen and oxygen atoms in total. The highest BCUT2D eigenvalue weighted by Crippen LogP contribution is 2.02. The molecular formula is C8H17NO4Si. The predicted molar refractivity (Wildman–Crippen MR) is 55.4 cm³/mol. The fraction of sp³-hybridized carbons (Fsp3) is 0.750. The Hall–Kier alpha value is -1.04. The van der Waals surface area contributed by atoms with Crippen molar-refractivity contribution in [1.82, 2.24) is 0 Å². The van der Waals surface area contributed by atoms with Crippen molar-refractivity contribution in [2.24, 2.45) is 0 Å². The largest absolute Gasteiger partial charge is 0.469 e. The molecule has 0 N–H and O–H groups in total. The topological polar surface area (TPSA) is 61.6 Å². The molecule has 0 aromatic rings. The van der Waals surface area contributed by atoms with Crippen LogP contribution in [-0.2, 0) is 14.1 Å². The van der Waals surface area contributed by atoms with E-state index in [4.69, 9.17) is 4.53 Å². The molecule has 0 unspecified atom stereocenters. The maximum Gasteiger partial charge on any atom is 0.306 e. The Bertz CT molecular complexity index is 222. The maximum absolute atomic E-state index is 11.0. The second-order valence-corrected chi connectivity index (χ2v) is 8.19. The number of carbonyl (C=O) groups is 1. The maximum atomic E-state index is 11.0. The van der Waals surface area contributed by atoms with Gasteiger partial charge >= 0.3 is 5.97 Å². The van der Waals surface area contributed by atoms with E-state index in [1.165, 1.54) is 13.3 Å². The Kier molecular flexibility index (Phi) is 5.22. The van der Waals surface area contributed by atoms with E-state index in [0.29, 0.717) is 11.3 Å². The van der Waals surface area contributed by atoms with Crippen molar-refractivity contribution in [2.45, 2.75) is 32.5 Å². The normalized spacial score (nSPS) is 12.4. The molecule has 0 aromatic heterocycles. The molecule has 0 amide bonds. The van der Waals surface area contributed by atoms with Gasteiger partial charge < -0.3 is 9.26 Å².